The number of fused-ring (bicyclic) bond motifs is 4. The first-order chi connectivity index (χ1) is 12.9. The fraction of sp³-hybridized carbons (Fsp3) is 0.250. The highest BCUT2D eigenvalue weighted by atomic mass is 32.2. The molecule has 2 aliphatic heterocycles. The van der Waals surface area contributed by atoms with Crippen molar-refractivity contribution < 1.29 is 13.2 Å². The van der Waals surface area contributed by atoms with Crippen LogP contribution in [0.5, 0.6) is 0 Å². The molecule has 138 valence electrons. The number of benzene rings is 2. The number of amides is 1. The Bertz CT molecular complexity index is 1210. The van der Waals surface area contributed by atoms with Gasteiger partial charge in [-0.25, -0.2) is 8.42 Å². The van der Waals surface area contributed by atoms with Gasteiger partial charge >= 0.3 is 0 Å². The lowest BCUT2D eigenvalue weighted by Gasteiger charge is -2.26. The standard InChI is InChI=1S/C20H19N3O3S/c1-12-2-4-15-16-11-23(7-6-18(16)21-19(15)8-12)27(25,26)14-3-5-17-13(9-14)10-20(24)22-17/h2-5,8-9,21H,6-7,10-11H2,1H3,(H,22,24). The van der Waals surface area contributed by atoms with Gasteiger partial charge in [0, 0.05) is 41.8 Å². The molecule has 7 heteroatoms. The molecule has 0 unspecified atom stereocenters. The second-order valence-corrected chi connectivity index (χ2v) is 9.20. The number of nitrogens with one attached hydrogen (secondary N) is 2. The molecule has 1 amide bonds. The summed E-state index contributed by atoms with van der Waals surface area (Å²) in [6.45, 7) is 2.84. The SMILES string of the molecule is Cc1ccc2c3c([nH]c2c1)CCN(S(=O)(=O)c1ccc2c(c1)CC(=O)N2)C3. The van der Waals surface area contributed by atoms with Crippen molar-refractivity contribution in [3.05, 3.63) is 58.8 Å². The van der Waals surface area contributed by atoms with Crippen LogP contribution in [0.4, 0.5) is 5.69 Å². The molecule has 27 heavy (non-hydrogen) atoms. The number of hydrogen-bond donors (Lipinski definition) is 2. The number of nitrogens with zero attached hydrogens (tertiary/aromatic N) is 1. The molecule has 0 spiro atoms. The number of hydrogen-bond acceptors (Lipinski definition) is 3. The summed E-state index contributed by atoms with van der Waals surface area (Å²) in [6, 6.07) is 11.1. The van der Waals surface area contributed by atoms with Crippen molar-refractivity contribution in [3.8, 4) is 0 Å². The molecule has 0 bridgehead atoms. The molecule has 0 fully saturated rings. The van der Waals surface area contributed by atoms with Crippen LogP contribution < -0.4 is 5.32 Å². The summed E-state index contributed by atoms with van der Waals surface area (Å²) in [5.41, 5.74) is 5.84. The van der Waals surface area contributed by atoms with E-state index in [1.807, 2.05) is 6.92 Å². The van der Waals surface area contributed by atoms with Gasteiger partial charge in [-0.15, -0.1) is 0 Å². The number of carbonyl (C=O) groups excluding carboxylic acids is 1. The van der Waals surface area contributed by atoms with Gasteiger partial charge in [0.2, 0.25) is 15.9 Å². The van der Waals surface area contributed by atoms with Crippen molar-refractivity contribution >= 4 is 32.5 Å². The summed E-state index contributed by atoms with van der Waals surface area (Å²) < 4.78 is 27.9. The number of rotatable bonds is 2. The smallest absolute Gasteiger partial charge is 0.243 e. The van der Waals surface area contributed by atoms with Gasteiger partial charge in [0.05, 0.1) is 11.3 Å². The van der Waals surface area contributed by atoms with E-state index in [1.165, 1.54) is 9.87 Å². The van der Waals surface area contributed by atoms with E-state index in [1.54, 1.807) is 18.2 Å². The number of carbonyl (C=O) groups is 1. The number of sulfonamides is 1. The number of aromatic nitrogens is 1. The van der Waals surface area contributed by atoms with Crippen LogP contribution in [0, 0.1) is 6.92 Å². The quantitative estimate of drug-likeness (QED) is 0.716. The Kier molecular flexibility index (Phi) is 3.47. The van der Waals surface area contributed by atoms with E-state index in [0.717, 1.165) is 27.7 Å². The van der Waals surface area contributed by atoms with Crippen molar-refractivity contribution in [2.45, 2.75) is 31.2 Å². The fourth-order valence-corrected chi connectivity index (χ4v) is 5.49. The summed E-state index contributed by atoms with van der Waals surface area (Å²) in [7, 11) is -3.62. The van der Waals surface area contributed by atoms with Gasteiger partial charge in [-0.1, -0.05) is 12.1 Å². The monoisotopic (exact) mass is 381 g/mol. The predicted octanol–water partition coefficient (Wildman–Crippen LogP) is 2.72. The summed E-state index contributed by atoms with van der Waals surface area (Å²) in [4.78, 5) is 15.2. The molecule has 2 aliphatic rings. The zero-order valence-electron chi connectivity index (χ0n) is 14.9. The Morgan fingerprint density at radius 1 is 1.11 bits per heavy atom. The second kappa shape index (κ2) is 5.68. The molecular formula is C20H19N3O3S. The first-order valence-corrected chi connectivity index (χ1v) is 10.4. The molecule has 0 saturated carbocycles. The van der Waals surface area contributed by atoms with Crippen molar-refractivity contribution in [3.63, 3.8) is 0 Å². The average Bonchev–Trinajstić information content (AvgIpc) is 3.18. The topological polar surface area (TPSA) is 82.3 Å². The minimum Gasteiger partial charge on any atom is -0.358 e. The zero-order chi connectivity index (χ0) is 18.8. The highest BCUT2D eigenvalue weighted by Gasteiger charge is 2.31. The first-order valence-electron chi connectivity index (χ1n) is 8.95. The molecule has 6 nitrogen and oxygen atoms in total. The molecule has 3 aromatic rings. The van der Waals surface area contributed by atoms with Crippen LogP contribution in [0.3, 0.4) is 0 Å². The Labute approximate surface area is 157 Å². The molecule has 0 atom stereocenters. The lowest BCUT2D eigenvalue weighted by Crippen LogP contribution is -2.35. The van der Waals surface area contributed by atoms with Crippen LogP contribution in [0.25, 0.3) is 10.9 Å². The Hall–Kier alpha value is -2.64. The molecule has 3 heterocycles. The molecule has 0 radical (unpaired) electrons. The van der Waals surface area contributed by atoms with Gasteiger partial charge in [0.15, 0.2) is 0 Å². The van der Waals surface area contributed by atoms with Crippen molar-refractivity contribution in [1.29, 1.82) is 0 Å². The minimum atomic E-state index is -3.62. The normalized spacial score (nSPS) is 17.0. The van der Waals surface area contributed by atoms with Crippen molar-refractivity contribution in [1.82, 2.24) is 9.29 Å². The van der Waals surface area contributed by atoms with Gasteiger partial charge in [0.1, 0.15) is 0 Å². The third kappa shape index (κ3) is 2.57. The van der Waals surface area contributed by atoms with Crippen LogP contribution >= 0.6 is 0 Å². The molecule has 2 aromatic carbocycles. The van der Waals surface area contributed by atoms with E-state index in [4.69, 9.17) is 0 Å². The van der Waals surface area contributed by atoms with Crippen LogP contribution in [-0.4, -0.2) is 30.2 Å². The maximum Gasteiger partial charge on any atom is 0.243 e. The van der Waals surface area contributed by atoms with Crippen LogP contribution in [-0.2, 0) is 34.2 Å². The lowest BCUT2D eigenvalue weighted by molar-refractivity contribution is -0.115. The molecule has 2 N–H and O–H groups in total. The summed E-state index contributed by atoms with van der Waals surface area (Å²) in [6.07, 6.45) is 0.887. The van der Waals surface area contributed by atoms with E-state index in [0.29, 0.717) is 25.2 Å². The van der Waals surface area contributed by atoms with Crippen molar-refractivity contribution in [2.24, 2.45) is 0 Å². The molecule has 0 saturated heterocycles. The maximum absolute atomic E-state index is 13.2. The largest absolute Gasteiger partial charge is 0.358 e. The van der Waals surface area contributed by atoms with E-state index in [9.17, 15) is 13.2 Å². The highest BCUT2D eigenvalue weighted by Crippen LogP contribution is 2.32. The Morgan fingerprint density at radius 2 is 1.96 bits per heavy atom. The molecular weight excluding hydrogens is 362 g/mol. The number of H-pyrrole nitrogens is 1. The van der Waals surface area contributed by atoms with Crippen LogP contribution in [0.2, 0.25) is 0 Å². The number of aryl methyl sites for hydroxylation is 1. The van der Waals surface area contributed by atoms with E-state index < -0.39 is 10.0 Å². The summed E-state index contributed by atoms with van der Waals surface area (Å²) >= 11 is 0. The van der Waals surface area contributed by atoms with Crippen LogP contribution in [0.15, 0.2) is 41.3 Å². The fourth-order valence-electron chi connectivity index (χ4n) is 4.03. The minimum absolute atomic E-state index is 0.101. The lowest BCUT2D eigenvalue weighted by atomic mass is 10.1. The van der Waals surface area contributed by atoms with Gasteiger partial charge in [-0.2, -0.15) is 4.31 Å². The highest BCUT2D eigenvalue weighted by molar-refractivity contribution is 7.89. The van der Waals surface area contributed by atoms with Gasteiger partial charge in [-0.3, -0.25) is 4.79 Å². The summed E-state index contributed by atoms with van der Waals surface area (Å²) in [5.74, 6) is -0.101. The average molecular weight is 381 g/mol. The number of aromatic amines is 1. The molecule has 0 aliphatic carbocycles. The molecule has 5 rings (SSSR count). The van der Waals surface area contributed by atoms with E-state index in [2.05, 4.69) is 28.5 Å². The van der Waals surface area contributed by atoms with Gasteiger partial charge < -0.3 is 10.3 Å². The van der Waals surface area contributed by atoms with Gasteiger partial charge in [-0.05, 0) is 47.9 Å². The summed E-state index contributed by atoms with van der Waals surface area (Å²) in [5, 5.41) is 3.82. The van der Waals surface area contributed by atoms with E-state index in [-0.39, 0.29) is 17.2 Å². The van der Waals surface area contributed by atoms with Gasteiger partial charge in [0.25, 0.3) is 0 Å². The Morgan fingerprint density at radius 3 is 2.81 bits per heavy atom. The Balaban J connectivity index is 1.52. The third-order valence-electron chi connectivity index (χ3n) is 5.44. The first kappa shape index (κ1) is 16.5. The predicted molar refractivity (Wildman–Crippen MR) is 103 cm³/mol. The zero-order valence-corrected chi connectivity index (χ0v) is 15.7. The van der Waals surface area contributed by atoms with Crippen molar-refractivity contribution in [2.75, 3.05) is 11.9 Å². The number of anilines is 1. The maximum atomic E-state index is 13.2. The van der Waals surface area contributed by atoms with Crippen LogP contribution in [0.1, 0.15) is 22.4 Å². The molecule has 1 aromatic heterocycles. The third-order valence-corrected chi connectivity index (χ3v) is 7.28. The second-order valence-electron chi connectivity index (χ2n) is 7.26. The van der Waals surface area contributed by atoms with E-state index >= 15 is 0 Å².